The lowest BCUT2D eigenvalue weighted by Crippen LogP contribution is -2.36. The van der Waals surface area contributed by atoms with Crippen LogP contribution in [0.1, 0.15) is 25.8 Å². The monoisotopic (exact) mass is 207 g/mol. The SMILES string of the molecule is Cc1ccc(NC(C)(C)CC(N)=O)nc1. The van der Waals surface area contributed by atoms with Crippen molar-refractivity contribution in [2.45, 2.75) is 32.7 Å². The third-order valence-corrected chi connectivity index (χ3v) is 1.99. The van der Waals surface area contributed by atoms with Crippen LogP contribution in [0, 0.1) is 6.92 Å². The summed E-state index contributed by atoms with van der Waals surface area (Å²) in [4.78, 5) is 15.0. The van der Waals surface area contributed by atoms with E-state index in [9.17, 15) is 4.79 Å². The number of anilines is 1. The summed E-state index contributed by atoms with van der Waals surface area (Å²) in [5, 5.41) is 3.16. The quantitative estimate of drug-likeness (QED) is 0.785. The van der Waals surface area contributed by atoms with E-state index >= 15 is 0 Å². The van der Waals surface area contributed by atoms with Gasteiger partial charge in [-0.15, -0.1) is 0 Å². The van der Waals surface area contributed by atoms with Crippen LogP contribution in [0.3, 0.4) is 0 Å². The second-order valence-electron chi connectivity index (χ2n) is 4.37. The molecule has 0 aliphatic heterocycles. The van der Waals surface area contributed by atoms with Crippen LogP contribution in [-0.4, -0.2) is 16.4 Å². The summed E-state index contributed by atoms with van der Waals surface area (Å²) >= 11 is 0. The molecule has 0 bridgehead atoms. The van der Waals surface area contributed by atoms with Crippen molar-refractivity contribution >= 4 is 11.7 Å². The normalized spacial score (nSPS) is 11.1. The third kappa shape index (κ3) is 3.97. The molecule has 0 atom stereocenters. The summed E-state index contributed by atoms with van der Waals surface area (Å²) in [5.74, 6) is 0.437. The Kier molecular flexibility index (Phi) is 3.29. The molecular formula is C11H17N3O. The maximum absolute atomic E-state index is 10.8. The van der Waals surface area contributed by atoms with Crippen LogP contribution >= 0.6 is 0 Å². The van der Waals surface area contributed by atoms with Gasteiger partial charge in [0.1, 0.15) is 5.82 Å². The number of pyridine rings is 1. The Bertz CT molecular complexity index is 343. The number of carbonyl (C=O) groups is 1. The first-order valence-electron chi connectivity index (χ1n) is 4.88. The van der Waals surface area contributed by atoms with E-state index in [2.05, 4.69) is 10.3 Å². The van der Waals surface area contributed by atoms with Crippen molar-refractivity contribution in [2.75, 3.05) is 5.32 Å². The van der Waals surface area contributed by atoms with Crippen molar-refractivity contribution in [3.63, 3.8) is 0 Å². The van der Waals surface area contributed by atoms with Crippen LogP contribution in [0.25, 0.3) is 0 Å². The van der Waals surface area contributed by atoms with Gasteiger partial charge in [-0.05, 0) is 32.4 Å². The van der Waals surface area contributed by atoms with Crippen molar-refractivity contribution in [3.05, 3.63) is 23.9 Å². The molecule has 0 radical (unpaired) electrons. The highest BCUT2D eigenvalue weighted by Crippen LogP contribution is 2.15. The maximum atomic E-state index is 10.8. The van der Waals surface area contributed by atoms with E-state index in [0.717, 1.165) is 11.4 Å². The van der Waals surface area contributed by atoms with Gasteiger partial charge < -0.3 is 11.1 Å². The molecule has 0 saturated heterocycles. The van der Waals surface area contributed by atoms with Gasteiger partial charge in [0.2, 0.25) is 5.91 Å². The van der Waals surface area contributed by atoms with Crippen LogP contribution in [0.15, 0.2) is 18.3 Å². The van der Waals surface area contributed by atoms with Gasteiger partial charge in [-0.1, -0.05) is 6.07 Å². The van der Waals surface area contributed by atoms with Gasteiger partial charge in [0.25, 0.3) is 0 Å². The summed E-state index contributed by atoms with van der Waals surface area (Å²) in [7, 11) is 0. The van der Waals surface area contributed by atoms with Crippen molar-refractivity contribution < 1.29 is 4.79 Å². The lowest BCUT2D eigenvalue weighted by molar-refractivity contribution is -0.118. The fourth-order valence-corrected chi connectivity index (χ4v) is 1.37. The molecule has 0 unspecified atom stereocenters. The predicted octanol–water partition coefficient (Wildman–Crippen LogP) is 1.46. The zero-order valence-electron chi connectivity index (χ0n) is 9.37. The van der Waals surface area contributed by atoms with Gasteiger partial charge in [0.15, 0.2) is 0 Å². The molecule has 0 fully saturated rings. The summed E-state index contributed by atoms with van der Waals surface area (Å²) in [6, 6.07) is 3.85. The number of rotatable bonds is 4. The largest absolute Gasteiger partial charge is 0.370 e. The minimum absolute atomic E-state index is 0.280. The van der Waals surface area contributed by atoms with E-state index in [1.807, 2.05) is 32.9 Å². The third-order valence-electron chi connectivity index (χ3n) is 1.99. The fraction of sp³-hybridized carbons (Fsp3) is 0.455. The summed E-state index contributed by atoms with van der Waals surface area (Å²) < 4.78 is 0. The second-order valence-corrected chi connectivity index (χ2v) is 4.37. The zero-order valence-corrected chi connectivity index (χ0v) is 9.37. The van der Waals surface area contributed by atoms with Crippen molar-refractivity contribution in [1.82, 2.24) is 4.98 Å². The van der Waals surface area contributed by atoms with Crippen molar-refractivity contribution in [3.8, 4) is 0 Å². The summed E-state index contributed by atoms with van der Waals surface area (Å²) in [5.41, 5.74) is 5.89. The van der Waals surface area contributed by atoms with Crippen LogP contribution in [0.2, 0.25) is 0 Å². The highest BCUT2D eigenvalue weighted by Gasteiger charge is 2.20. The van der Waals surface area contributed by atoms with E-state index in [0.29, 0.717) is 0 Å². The number of aromatic nitrogens is 1. The van der Waals surface area contributed by atoms with Gasteiger partial charge >= 0.3 is 0 Å². The Morgan fingerprint density at radius 2 is 2.20 bits per heavy atom. The van der Waals surface area contributed by atoms with Crippen LogP contribution in [0.4, 0.5) is 5.82 Å². The maximum Gasteiger partial charge on any atom is 0.219 e. The molecule has 0 aliphatic rings. The first-order chi connectivity index (χ1) is 6.89. The number of hydrogen-bond donors (Lipinski definition) is 2. The number of nitrogens with one attached hydrogen (secondary N) is 1. The minimum Gasteiger partial charge on any atom is -0.370 e. The zero-order chi connectivity index (χ0) is 11.5. The smallest absolute Gasteiger partial charge is 0.219 e. The number of primary amides is 1. The Morgan fingerprint density at radius 3 is 2.67 bits per heavy atom. The van der Waals surface area contributed by atoms with E-state index < -0.39 is 0 Å². The molecule has 1 aromatic rings. The topological polar surface area (TPSA) is 68.0 Å². The van der Waals surface area contributed by atoms with Gasteiger partial charge in [0, 0.05) is 18.2 Å². The van der Waals surface area contributed by atoms with Gasteiger partial charge in [-0.25, -0.2) is 4.98 Å². The predicted molar refractivity (Wildman–Crippen MR) is 60.5 cm³/mol. The molecule has 1 aromatic heterocycles. The summed E-state index contributed by atoms with van der Waals surface area (Å²) in [6.45, 7) is 5.81. The second kappa shape index (κ2) is 4.29. The Balaban J connectivity index is 2.68. The fourth-order valence-electron chi connectivity index (χ4n) is 1.37. The molecular weight excluding hydrogens is 190 g/mol. The minimum atomic E-state index is -0.367. The molecule has 1 amide bonds. The Morgan fingerprint density at radius 1 is 1.53 bits per heavy atom. The van der Waals surface area contributed by atoms with E-state index in [4.69, 9.17) is 5.73 Å². The highest BCUT2D eigenvalue weighted by molar-refractivity contribution is 5.75. The average molecular weight is 207 g/mol. The van der Waals surface area contributed by atoms with Crippen molar-refractivity contribution in [2.24, 2.45) is 5.73 Å². The molecule has 4 heteroatoms. The van der Waals surface area contributed by atoms with Crippen LogP contribution in [0.5, 0.6) is 0 Å². The highest BCUT2D eigenvalue weighted by atomic mass is 16.1. The van der Waals surface area contributed by atoms with Gasteiger partial charge in [0.05, 0.1) is 0 Å². The molecule has 82 valence electrons. The summed E-state index contributed by atoms with van der Waals surface area (Å²) in [6.07, 6.45) is 2.06. The molecule has 0 aliphatic carbocycles. The lowest BCUT2D eigenvalue weighted by atomic mass is 10.0. The first-order valence-corrected chi connectivity index (χ1v) is 4.88. The number of carbonyl (C=O) groups excluding carboxylic acids is 1. The first kappa shape index (κ1) is 11.5. The Labute approximate surface area is 89.9 Å². The van der Waals surface area contributed by atoms with Crippen LogP contribution in [-0.2, 0) is 4.79 Å². The number of nitrogens with zero attached hydrogens (tertiary/aromatic N) is 1. The molecule has 4 nitrogen and oxygen atoms in total. The molecule has 1 rings (SSSR count). The standard InChI is InChI=1S/C11H17N3O/c1-8-4-5-10(13-7-8)14-11(2,3)6-9(12)15/h4-5,7H,6H2,1-3H3,(H2,12,15)(H,13,14). The molecule has 0 spiro atoms. The van der Waals surface area contributed by atoms with Gasteiger partial charge in [-0.2, -0.15) is 0 Å². The molecule has 0 saturated carbocycles. The van der Waals surface area contributed by atoms with Crippen molar-refractivity contribution in [1.29, 1.82) is 0 Å². The van der Waals surface area contributed by atoms with E-state index in [-0.39, 0.29) is 17.9 Å². The van der Waals surface area contributed by atoms with Gasteiger partial charge in [-0.3, -0.25) is 4.79 Å². The van der Waals surface area contributed by atoms with Crippen LogP contribution < -0.4 is 11.1 Å². The Hall–Kier alpha value is -1.58. The number of amides is 1. The average Bonchev–Trinajstić information content (AvgIpc) is 2.06. The van der Waals surface area contributed by atoms with E-state index in [1.165, 1.54) is 0 Å². The number of aryl methyl sites for hydroxylation is 1. The number of nitrogens with two attached hydrogens (primary N) is 1. The molecule has 3 N–H and O–H groups in total. The molecule has 15 heavy (non-hydrogen) atoms. The molecule has 0 aromatic carbocycles. The lowest BCUT2D eigenvalue weighted by Gasteiger charge is -2.25. The molecule has 1 heterocycles. The van der Waals surface area contributed by atoms with E-state index in [1.54, 1.807) is 6.20 Å². The number of hydrogen-bond acceptors (Lipinski definition) is 3.